The minimum Gasteiger partial charge on any atom is -0.425 e. The summed E-state index contributed by atoms with van der Waals surface area (Å²) in [5, 5.41) is 9.72. The van der Waals surface area contributed by atoms with Crippen LogP contribution >= 0.6 is 0 Å². The first-order valence-corrected chi connectivity index (χ1v) is 15.4. The molecule has 0 aliphatic heterocycles. The molecule has 1 fully saturated rings. The van der Waals surface area contributed by atoms with Gasteiger partial charge in [-0.25, -0.2) is 0 Å². The van der Waals surface area contributed by atoms with Gasteiger partial charge in [-0.2, -0.15) is 5.26 Å². The summed E-state index contributed by atoms with van der Waals surface area (Å²) in [4.78, 5) is 13.0. The summed E-state index contributed by atoms with van der Waals surface area (Å²) < 4.78 is 5.78. The minimum absolute atomic E-state index is 0.0848. The number of hydrogen-bond donors (Lipinski definition) is 0. The van der Waals surface area contributed by atoms with Crippen molar-refractivity contribution >= 4 is 5.97 Å². The number of carbonyl (C=O) groups is 1. The van der Waals surface area contributed by atoms with Crippen molar-refractivity contribution in [3.05, 3.63) is 64.7 Å². The van der Waals surface area contributed by atoms with Gasteiger partial charge in [-0.15, -0.1) is 0 Å². The summed E-state index contributed by atoms with van der Waals surface area (Å²) in [6, 6.07) is 17.2. The van der Waals surface area contributed by atoms with E-state index in [0.29, 0.717) is 23.1 Å². The molecule has 1 unspecified atom stereocenters. The lowest BCUT2D eigenvalue weighted by molar-refractivity contribution is -0.140. The van der Waals surface area contributed by atoms with Crippen molar-refractivity contribution in [2.75, 3.05) is 0 Å². The van der Waals surface area contributed by atoms with Crippen molar-refractivity contribution in [2.45, 2.75) is 123 Å². The van der Waals surface area contributed by atoms with E-state index in [1.54, 1.807) is 0 Å². The fourth-order valence-electron chi connectivity index (χ4n) is 5.90. The highest BCUT2D eigenvalue weighted by molar-refractivity contribution is 5.76. The van der Waals surface area contributed by atoms with Gasteiger partial charge < -0.3 is 4.74 Å². The number of nitriles is 1. The molecule has 0 bridgehead atoms. The molecule has 2 aromatic carbocycles. The van der Waals surface area contributed by atoms with E-state index >= 15 is 0 Å². The maximum Gasteiger partial charge on any atom is 0.314 e. The smallest absolute Gasteiger partial charge is 0.314 e. The molecule has 0 heterocycles. The Bertz CT molecular complexity index is 1010. The molecule has 0 N–H and O–H groups in total. The molecule has 206 valence electrons. The van der Waals surface area contributed by atoms with Crippen LogP contribution in [0, 0.1) is 23.2 Å². The van der Waals surface area contributed by atoms with E-state index in [1.807, 2.05) is 18.2 Å². The molecule has 0 spiro atoms. The Labute approximate surface area is 232 Å². The average Bonchev–Trinajstić information content (AvgIpc) is 2.96. The second-order valence-electron chi connectivity index (χ2n) is 11.4. The van der Waals surface area contributed by atoms with Crippen LogP contribution in [0.1, 0.15) is 132 Å². The molecule has 1 saturated carbocycles. The zero-order chi connectivity index (χ0) is 27.2. The van der Waals surface area contributed by atoms with Gasteiger partial charge in [0.1, 0.15) is 11.8 Å². The first-order chi connectivity index (χ1) is 18.6. The minimum atomic E-state index is -0.180. The Kier molecular flexibility index (Phi) is 12.9. The van der Waals surface area contributed by atoms with Crippen LogP contribution in [0.3, 0.4) is 0 Å². The van der Waals surface area contributed by atoms with Gasteiger partial charge in [0.15, 0.2) is 0 Å². The zero-order valence-electron chi connectivity index (χ0n) is 24.1. The van der Waals surface area contributed by atoms with Crippen LogP contribution in [0.25, 0.3) is 0 Å². The lowest BCUT2D eigenvalue weighted by Crippen LogP contribution is -2.25. The van der Waals surface area contributed by atoms with Crippen LogP contribution in [0.4, 0.5) is 0 Å². The van der Waals surface area contributed by atoms with Crippen molar-refractivity contribution in [1.82, 2.24) is 0 Å². The maximum atomic E-state index is 13.0. The van der Waals surface area contributed by atoms with Crippen molar-refractivity contribution in [2.24, 2.45) is 11.8 Å². The normalized spacial score (nSPS) is 18.1. The molecule has 1 atom stereocenters. The molecule has 38 heavy (non-hydrogen) atoms. The van der Waals surface area contributed by atoms with E-state index in [9.17, 15) is 10.1 Å². The highest BCUT2D eigenvalue weighted by atomic mass is 16.5. The molecule has 0 radical (unpaired) electrons. The van der Waals surface area contributed by atoms with Gasteiger partial charge in [0.05, 0.1) is 11.5 Å². The average molecular weight is 516 g/mol. The van der Waals surface area contributed by atoms with Crippen LogP contribution in [0.2, 0.25) is 0 Å². The number of aryl methyl sites for hydroxylation is 1. The number of esters is 1. The van der Waals surface area contributed by atoms with E-state index < -0.39 is 0 Å². The summed E-state index contributed by atoms with van der Waals surface area (Å²) in [5.74, 6) is 1.30. The second kappa shape index (κ2) is 16.4. The largest absolute Gasteiger partial charge is 0.425 e. The van der Waals surface area contributed by atoms with Crippen LogP contribution in [-0.2, 0) is 17.6 Å². The number of rotatable bonds is 15. The quantitative estimate of drug-likeness (QED) is 0.135. The number of unbranched alkanes of at least 4 members (excludes halogenated alkanes) is 5. The van der Waals surface area contributed by atoms with Crippen LogP contribution in [0.5, 0.6) is 5.75 Å². The van der Waals surface area contributed by atoms with Crippen molar-refractivity contribution < 1.29 is 9.53 Å². The van der Waals surface area contributed by atoms with Gasteiger partial charge in [0, 0.05) is 0 Å². The molecule has 1 aliphatic carbocycles. The fraction of sp³-hybridized carbons (Fsp3) is 0.600. The maximum absolute atomic E-state index is 13.0. The Morgan fingerprint density at radius 2 is 1.58 bits per heavy atom. The van der Waals surface area contributed by atoms with Gasteiger partial charge >= 0.3 is 5.97 Å². The Morgan fingerprint density at radius 3 is 2.24 bits per heavy atom. The van der Waals surface area contributed by atoms with Gasteiger partial charge in [-0.05, 0) is 85.6 Å². The number of benzene rings is 2. The second-order valence-corrected chi connectivity index (χ2v) is 11.4. The van der Waals surface area contributed by atoms with E-state index in [-0.39, 0.29) is 11.9 Å². The zero-order valence-corrected chi connectivity index (χ0v) is 24.1. The van der Waals surface area contributed by atoms with Gasteiger partial charge in [0.25, 0.3) is 0 Å². The molecule has 3 nitrogen and oxygen atoms in total. The van der Waals surface area contributed by atoms with Gasteiger partial charge in [-0.3, -0.25) is 4.79 Å². The topological polar surface area (TPSA) is 50.1 Å². The third-order valence-electron chi connectivity index (χ3n) is 8.52. The van der Waals surface area contributed by atoms with Crippen molar-refractivity contribution in [3.8, 4) is 11.8 Å². The first-order valence-electron chi connectivity index (χ1n) is 15.4. The Balaban J connectivity index is 1.48. The van der Waals surface area contributed by atoms with Gasteiger partial charge in [0.2, 0.25) is 0 Å². The van der Waals surface area contributed by atoms with E-state index in [0.717, 1.165) is 44.1 Å². The number of carbonyl (C=O) groups excluding carboxylic acids is 1. The summed E-state index contributed by atoms with van der Waals surface area (Å²) >= 11 is 0. The standard InChI is InChI=1S/C35H49NO2/c1-4-7-9-10-11-13-28-14-17-30(18-15-28)31-19-21-32(22-20-31)35(37)38-34-23-16-29(25-33(34)26-36)24-27(6-3)12-8-5-2/h14-18,23,25,27,31-32H,4-13,19-22,24H2,1-3H3. The summed E-state index contributed by atoms with van der Waals surface area (Å²) in [7, 11) is 0. The summed E-state index contributed by atoms with van der Waals surface area (Å²) in [6.45, 7) is 6.72. The molecular formula is C35H49NO2. The molecule has 2 aromatic rings. The summed E-state index contributed by atoms with van der Waals surface area (Å²) in [5.41, 5.74) is 4.47. The molecule has 3 rings (SSSR count). The van der Waals surface area contributed by atoms with Crippen LogP contribution < -0.4 is 4.74 Å². The third kappa shape index (κ3) is 9.30. The lowest BCUT2D eigenvalue weighted by Gasteiger charge is -2.27. The summed E-state index contributed by atoms with van der Waals surface area (Å²) in [6.07, 6.45) is 17.3. The molecular weight excluding hydrogens is 466 g/mol. The fourth-order valence-corrected chi connectivity index (χ4v) is 5.90. The highest BCUT2D eigenvalue weighted by Crippen LogP contribution is 2.37. The molecule has 3 heteroatoms. The number of hydrogen-bond acceptors (Lipinski definition) is 3. The van der Waals surface area contributed by atoms with E-state index in [2.05, 4.69) is 51.1 Å². The molecule has 1 aliphatic rings. The van der Waals surface area contributed by atoms with E-state index in [4.69, 9.17) is 4.74 Å². The Morgan fingerprint density at radius 1 is 0.895 bits per heavy atom. The monoisotopic (exact) mass is 515 g/mol. The van der Waals surface area contributed by atoms with E-state index in [1.165, 1.54) is 68.9 Å². The Hall–Kier alpha value is -2.60. The third-order valence-corrected chi connectivity index (χ3v) is 8.52. The molecule has 0 saturated heterocycles. The predicted molar refractivity (Wildman–Crippen MR) is 157 cm³/mol. The molecule has 0 aromatic heterocycles. The number of ether oxygens (including phenoxy) is 1. The number of nitrogens with zero attached hydrogens (tertiary/aromatic N) is 1. The lowest BCUT2D eigenvalue weighted by atomic mass is 9.78. The first kappa shape index (κ1) is 29.9. The van der Waals surface area contributed by atoms with Crippen molar-refractivity contribution in [1.29, 1.82) is 5.26 Å². The highest BCUT2D eigenvalue weighted by Gasteiger charge is 2.29. The predicted octanol–water partition coefficient (Wildman–Crippen LogP) is 9.71. The SMILES string of the molecule is CCCCCCCc1ccc(C2CCC(C(=O)Oc3ccc(CC(CC)CCCC)cc3C#N)CC2)cc1. The molecule has 0 amide bonds. The van der Waals surface area contributed by atoms with Crippen molar-refractivity contribution in [3.63, 3.8) is 0 Å². The van der Waals surface area contributed by atoms with Gasteiger partial charge in [-0.1, -0.05) is 102 Å². The van der Waals surface area contributed by atoms with Crippen LogP contribution in [0.15, 0.2) is 42.5 Å². The van der Waals surface area contributed by atoms with Crippen LogP contribution in [-0.4, -0.2) is 5.97 Å².